The van der Waals surface area contributed by atoms with Gasteiger partial charge in [0, 0.05) is 74.9 Å². The van der Waals surface area contributed by atoms with E-state index in [1.807, 2.05) is 42.5 Å². The van der Waals surface area contributed by atoms with E-state index in [1.54, 1.807) is 0 Å². The van der Waals surface area contributed by atoms with Gasteiger partial charge in [-0.05, 0) is 219 Å². The molecule has 22 aromatic rings. The molecule has 6 heterocycles. The average Bonchev–Trinajstić information content (AvgIpc) is 1.52. The summed E-state index contributed by atoms with van der Waals surface area (Å²) in [5.41, 5.74) is 37.5. The molecule has 0 atom stereocenters. The summed E-state index contributed by atoms with van der Waals surface area (Å²) in [6, 6.07) is 153. The zero-order valence-corrected chi connectivity index (χ0v) is 75.5. The van der Waals surface area contributed by atoms with Crippen LogP contribution in [0.4, 0.5) is 34.6 Å². The maximum atomic E-state index is 5.54. The van der Waals surface area contributed by atoms with Gasteiger partial charge >= 0.3 is 0 Å². The molecule has 0 bridgehead atoms. The Bertz CT molecular complexity index is 8480. The molecule has 11 heteroatoms. The molecule has 6 aliphatic rings. The smallest absolute Gasteiger partial charge is 0.238 e. The highest BCUT2D eigenvalue weighted by Gasteiger charge is 2.54. The van der Waals surface area contributed by atoms with Crippen molar-refractivity contribution in [2.75, 3.05) is 9.80 Å². The van der Waals surface area contributed by atoms with Gasteiger partial charge in [0.15, 0.2) is 23.3 Å². The number of fused-ring (bicyclic) bond motifs is 30. The molecule has 0 fully saturated rings. The second-order valence-electron chi connectivity index (χ2n) is 36.5. The van der Waals surface area contributed by atoms with E-state index in [2.05, 4.69) is 452 Å². The number of halogens is 1. The van der Waals surface area contributed by atoms with Crippen molar-refractivity contribution in [2.24, 2.45) is 0 Å². The van der Waals surface area contributed by atoms with Crippen LogP contribution in [0.5, 0.6) is 0 Å². The molecule has 10 nitrogen and oxygen atoms in total. The van der Waals surface area contributed by atoms with Crippen LogP contribution >= 0.6 is 22.6 Å². The molecule has 0 saturated heterocycles. The number of rotatable bonds is 7. The number of nitrogens with zero attached hydrogens (tertiary/aromatic N) is 9. The van der Waals surface area contributed by atoms with E-state index in [-0.39, 0.29) is 10.8 Å². The summed E-state index contributed by atoms with van der Waals surface area (Å²) in [5.74, 6) is 3.64. The predicted molar refractivity (Wildman–Crippen MR) is 550 cm³/mol. The number of nitrogens with one attached hydrogen (secondary N) is 1. The fraction of sp³-hybridized carbons (Fsp3) is 0.0656. The fourth-order valence-electron chi connectivity index (χ4n) is 23.0. The van der Waals surface area contributed by atoms with Crippen LogP contribution in [0.1, 0.15) is 94.5 Å². The SMILES string of the molecule is CC1(C)c2ccccc2N(c2nc(-c3ccccc3)nc(-c3ccc4c(c3)-c3ccccc3C43c4ccccc4-c4ccccc43)n2)c2cc3[nH]c4ccccc4c3cc21.CC1(C)c2ccccc2N(c2nc(-c3ccccc3)nc(-c3ccc4c(c3)-c3ccccc3C43c4ccccc4-c4ccccc43)n2)c2cc3c(cc21)c1ccccc1n3-c1ccccc1.Ic1ccccc1. The topological polar surface area (TPSA) is 105 Å². The lowest BCUT2D eigenvalue weighted by Gasteiger charge is -2.41. The highest BCUT2D eigenvalue weighted by molar-refractivity contribution is 14.1. The number of para-hydroxylation sites is 5. The second-order valence-corrected chi connectivity index (χ2v) is 37.7. The van der Waals surface area contributed by atoms with Crippen LogP contribution < -0.4 is 9.80 Å². The number of hydrogen-bond donors (Lipinski definition) is 1. The van der Waals surface area contributed by atoms with E-state index in [0.29, 0.717) is 35.2 Å². The molecule has 628 valence electrons. The summed E-state index contributed by atoms with van der Waals surface area (Å²) in [7, 11) is 0. The summed E-state index contributed by atoms with van der Waals surface area (Å²) in [6.07, 6.45) is 0. The number of aromatic nitrogens is 8. The van der Waals surface area contributed by atoms with Gasteiger partial charge in [0.2, 0.25) is 11.9 Å². The van der Waals surface area contributed by atoms with Crippen LogP contribution in [-0.2, 0) is 21.7 Å². The minimum absolute atomic E-state index is 0.284. The number of benzene rings is 18. The summed E-state index contributed by atoms with van der Waals surface area (Å²) in [5, 5.41) is 4.86. The highest BCUT2D eigenvalue weighted by Crippen LogP contribution is 2.66. The van der Waals surface area contributed by atoms with Crippen LogP contribution in [0.15, 0.2) is 425 Å². The van der Waals surface area contributed by atoms with Gasteiger partial charge in [-0.1, -0.05) is 367 Å². The Morgan fingerprint density at radius 2 is 0.564 bits per heavy atom. The van der Waals surface area contributed by atoms with Crippen LogP contribution in [0.25, 0.3) is 139 Å². The predicted octanol–water partition coefficient (Wildman–Crippen LogP) is 30.3. The average molecular weight is 1820 g/mol. The third-order valence-electron chi connectivity index (χ3n) is 28.8. The van der Waals surface area contributed by atoms with E-state index >= 15 is 0 Å². The van der Waals surface area contributed by atoms with Gasteiger partial charge in [0.25, 0.3) is 0 Å². The van der Waals surface area contributed by atoms with Gasteiger partial charge in [0.05, 0.1) is 44.6 Å². The van der Waals surface area contributed by atoms with Crippen molar-refractivity contribution in [3.05, 3.63) is 495 Å². The first-order chi connectivity index (χ1) is 65.4. The molecule has 2 aliphatic heterocycles. The van der Waals surface area contributed by atoms with Crippen LogP contribution in [0.3, 0.4) is 0 Å². The van der Waals surface area contributed by atoms with Crippen molar-refractivity contribution in [3.8, 4) is 95.7 Å². The molecule has 2 spiro atoms. The van der Waals surface area contributed by atoms with E-state index in [1.165, 1.54) is 142 Å². The monoisotopic (exact) mass is 1810 g/mol. The van der Waals surface area contributed by atoms with Gasteiger partial charge in [-0.3, -0.25) is 9.80 Å². The summed E-state index contributed by atoms with van der Waals surface area (Å²) >= 11 is 2.28. The molecule has 4 aromatic heterocycles. The summed E-state index contributed by atoms with van der Waals surface area (Å²) in [4.78, 5) is 40.6. The van der Waals surface area contributed by atoms with Crippen LogP contribution in [0.2, 0.25) is 0 Å². The van der Waals surface area contributed by atoms with Crippen molar-refractivity contribution in [3.63, 3.8) is 0 Å². The van der Waals surface area contributed by atoms with E-state index in [9.17, 15) is 0 Å². The highest BCUT2D eigenvalue weighted by atomic mass is 127. The maximum Gasteiger partial charge on any atom is 0.238 e. The number of H-pyrrole nitrogens is 1. The zero-order chi connectivity index (χ0) is 88.6. The molecule has 28 rings (SSSR count). The molecule has 0 amide bonds. The second kappa shape index (κ2) is 30.0. The third-order valence-corrected chi connectivity index (χ3v) is 29.6. The standard InChI is InChI=1S/C61H41N5.C55H37N5.C6H5I/c1-60(2)51-30-16-18-32-54(51)66(56-37-55-46(36-52(56)60)44-26-12-17-31-53(44)65(55)40-21-7-4-8-22-40)59-63-57(38-19-5-3-6-20-38)62-58(64-59)39-33-34-50-45(35-39)43-25-11-15-29-49(43)61(50)47-27-13-9-23-41(47)42-24-10-14-28-48(42)61;1-54(2)45-25-13-15-27-49(45)60(50-32-48-40(31-46(50)54)38-21-9-14-26-47(38)56-48)53-58-51(33-16-4-3-5-17-33)57-52(59-53)34-28-29-44-39(30-34)37-20-8-12-24-43(37)55(44)41-22-10-6-18-35(41)36-19-7-11-23-42(36)55;7-6-4-2-1-3-5-6/h3-37H,1-2H3;3-32,56H,1-2H3;1-5H. The van der Waals surface area contributed by atoms with Crippen molar-refractivity contribution < 1.29 is 0 Å². The quantitative estimate of drug-likeness (QED) is 0.157. The molecule has 1 N–H and O–H groups in total. The maximum absolute atomic E-state index is 5.54. The molecule has 4 aliphatic carbocycles. The van der Waals surface area contributed by atoms with Crippen molar-refractivity contribution in [1.29, 1.82) is 0 Å². The number of anilines is 6. The molecular weight excluding hydrogens is 1730 g/mol. The van der Waals surface area contributed by atoms with Gasteiger partial charge in [-0.2, -0.15) is 19.9 Å². The normalized spacial score (nSPS) is 14.3. The Hall–Kier alpha value is -16.1. The largest absolute Gasteiger partial charge is 0.354 e. The molecule has 133 heavy (non-hydrogen) atoms. The fourth-order valence-corrected chi connectivity index (χ4v) is 23.4. The minimum Gasteiger partial charge on any atom is -0.354 e. The Morgan fingerprint density at radius 3 is 1.00 bits per heavy atom. The van der Waals surface area contributed by atoms with E-state index in [0.717, 1.165) is 67.2 Å². The first kappa shape index (κ1) is 78.0. The first-order valence-electron chi connectivity index (χ1n) is 45.6. The Kier molecular flexibility index (Phi) is 17.6. The van der Waals surface area contributed by atoms with E-state index in [4.69, 9.17) is 29.9 Å². The number of hydrogen-bond acceptors (Lipinski definition) is 8. The lowest BCUT2D eigenvalue weighted by Crippen LogP contribution is -2.31. The summed E-state index contributed by atoms with van der Waals surface area (Å²) in [6.45, 7) is 9.34. The lowest BCUT2D eigenvalue weighted by molar-refractivity contribution is 0.631. The van der Waals surface area contributed by atoms with Gasteiger partial charge in [0.1, 0.15) is 0 Å². The molecule has 18 aromatic carbocycles. The Balaban J connectivity index is 0.000000130. The lowest BCUT2D eigenvalue weighted by atomic mass is 9.70. The van der Waals surface area contributed by atoms with Crippen molar-refractivity contribution in [2.45, 2.75) is 49.4 Å². The molecule has 0 saturated carbocycles. The molecule has 0 radical (unpaired) electrons. The Labute approximate surface area is 784 Å². The van der Waals surface area contributed by atoms with Gasteiger partial charge in [-0.15, -0.1) is 0 Å². The van der Waals surface area contributed by atoms with Crippen LogP contribution in [0, 0.1) is 3.57 Å². The summed E-state index contributed by atoms with van der Waals surface area (Å²) < 4.78 is 3.68. The van der Waals surface area contributed by atoms with Gasteiger partial charge in [-0.25, -0.2) is 9.97 Å². The minimum atomic E-state index is -0.432. The van der Waals surface area contributed by atoms with E-state index < -0.39 is 10.8 Å². The Morgan fingerprint density at radius 1 is 0.226 bits per heavy atom. The zero-order valence-electron chi connectivity index (χ0n) is 73.3. The van der Waals surface area contributed by atoms with Crippen molar-refractivity contribution in [1.82, 2.24) is 39.5 Å². The molecule has 0 unspecified atom stereocenters. The number of aromatic amines is 1. The van der Waals surface area contributed by atoms with Gasteiger partial charge < -0.3 is 9.55 Å². The van der Waals surface area contributed by atoms with Crippen molar-refractivity contribution >= 4 is 101 Å². The van der Waals surface area contributed by atoms with Crippen LogP contribution in [-0.4, -0.2) is 39.5 Å². The first-order valence-corrected chi connectivity index (χ1v) is 46.7. The molecular formula is C122H83IN10. The third kappa shape index (κ3) is 11.6.